The van der Waals surface area contributed by atoms with E-state index in [2.05, 4.69) is 32.3 Å². The summed E-state index contributed by atoms with van der Waals surface area (Å²) in [6.07, 6.45) is 4.21. The van der Waals surface area contributed by atoms with Crippen LogP contribution in [0.3, 0.4) is 0 Å². The summed E-state index contributed by atoms with van der Waals surface area (Å²) < 4.78 is 0. The first kappa shape index (κ1) is 14.5. The van der Waals surface area contributed by atoms with E-state index >= 15 is 0 Å². The van der Waals surface area contributed by atoms with Crippen LogP contribution in [0.25, 0.3) is 0 Å². The summed E-state index contributed by atoms with van der Waals surface area (Å²) in [7, 11) is 0. The van der Waals surface area contributed by atoms with Gasteiger partial charge in [-0.2, -0.15) is 0 Å². The zero-order valence-electron chi connectivity index (χ0n) is 13.1. The Morgan fingerprint density at radius 2 is 1.95 bits per heavy atom. The molecule has 5 heteroatoms. The fourth-order valence-corrected chi connectivity index (χ4v) is 2.56. The lowest BCUT2D eigenvalue weighted by Crippen LogP contribution is -2.41. The first-order valence-corrected chi connectivity index (χ1v) is 7.44. The van der Waals surface area contributed by atoms with Crippen LogP contribution in [0.1, 0.15) is 36.8 Å². The molecule has 5 nitrogen and oxygen atoms in total. The Hall–Kier alpha value is -2.43. The summed E-state index contributed by atoms with van der Waals surface area (Å²) in [4.78, 5) is 22.9. The lowest BCUT2D eigenvalue weighted by molar-refractivity contribution is 0.0914. The summed E-state index contributed by atoms with van der Waals surface area (Å²) in [5, 5.41) is 2.89. The second-order valence-corrected chi connectivity index (χ2v) is 6.49. The maximum Gasteiger partial charge on any atom is 0.271 e. The van der Waals surface area contributed by atoms with Crippen molar-refractivity contribution in [1.29, 1.82) is 0 Å². The third kappa shape index (κ3) is 2.93. The van der Waals surface area contributed by atoms with Gasteiger partial charge in [-0.25, -0.2) is 9.97 Å². The molecule has 1 aliphatic heterocycles. The molecule has 1 amide bonds. The van der Waals surface area contributed by atoms with E-state index in [9.17, 15) is 4.79 Å². The normalized spacial score (nSPS) is 13.9. The van der Waals surface area contributed by atoms with Gasteiger partial charge in [0.1, 0.15) is 5.69 Å². The van der Waals surface area contributed by atoms with Crippen molar-refractivity contribution in [2.75, 3.05) is 11.4 Å². The predicted molar refractivity (Wildman–Crippen MR) is 86.4 cm³/mol. The van der Waals surface area contributed by atoms with Crippen molar-refractivity contribution in [3.05, 3.63) is 47.9 Å². The van der Waals surface area contributed by atoms with E-state index in [1.807, 2.05) is 32.9 Å². The molecule has 114 valence electrons. The quantitative estimate of drug-likeness (QED) is 0.925. The monoisotopic (exact) mass is 296 g/mol. The molecule has 0 unspecified atom stereocenters. The number of anilines is 2. The molecule has 1 aromatic heterocycles. The van der Waals surface area contributed by atoms with E-state index in [1.54, 1.807) is 6.20 Å². The van der Waals surface area contributed by atoms with Crippen LogP contribution in [0, 0.1) is 0 Å². The van der Waals surface area contributed by atoms with Crippen molar-refractivity contribution in [3.8, 4) is 0 Å². The molecule has 2 aromatic rings. The van der Waals surface area contributed by atoms with Crippen molar-refractivity contribution in [1.82, 2.24) is 15.3 Å². The zero-order valence-corrected chi connectivity index (χ0v) is 13.1. The predicted octanol–water partition coefficient (Wildman–Crippen LogP) is 2.70. The van der Waals surface area contributed by atoms with Crippen molar-refractivity contribution >= 4 is 17.4 Å². The van der Waals surface area contributed by atoms with E-state index in [4.69, 9.17) is 0 Å². The lowest BCUT2D eigenvalue weighted by Gasteiger charge is -2.21. The third-order valence-electron chi connectivity index (χ3n) is 3.52. The summed E-state index contributed by atoms with van der Waals surface area (Å²) in [6.45, 7) is 6.71. The van der Waals surface area contributed by atoms with Gasteiger partial charge in [-0.3, -0.25) is 4.79 Å². The average molecular weight is 296 g/mol. The summed E-state index contributed by atoms with van der Waals surface area (Å²) >= 11 is 0. The van der Waals surface area contributed by atoms with Crippen molar-refractivity contribution in [2.45, 2.75) is 32.7 Å². The topological polar surface area (TPSA) is 58.1 Å². The highest BCUT2D eigenvalue weighted by Crippen LogP contribution is 2.32. The Morgan fingerprint density at radius 1 is 1.18 bits per heavy atom. The Bertz CT molecular complexity index is 689. The number of benzene rings is 1. The number of hydrogen-bond acceptors (Lipinski definition) is 4. The highest BCUT2D eigenvalue weighted by molar-refractivity contribution is 5.92. The summed E-state index contributed by atoms with van der Waals surface area (Å²) in [5.74, 6) is 0.575. The minimum absolute atomic E-state index is 0.201. The van der Waals surface area contributed by atoms with Crippen LogP contribution in [0.15, 0.2) is 36.7 Å². The molecular weight excluding hydrogens is 276 g/mol. The van der Waals surface area contributed by atoms with Gasteiger partial charge in [0.2, 0.25) is 0 Å². The summed E-state index contributed by atoms with van der Waals surface area (Å²) in [6, 6.07) is 8.29. The van der Waals surface area contributed by atoms with Crippen LogP contribution in [-0.4, -0.2) is 28.0 Å². The van der Waals surface area contributed by atoms with E-state index in [0.29, 0.717) is 5.69 Å². The van der Waals surface area contributed by atoms with Crippen LogP contribution in [0.5, 0.6) is 0 Å². The molecule has 0 spiro atoms. The van der Waals surface area contributed by atoms with E-state index in [-0.39, 0.29) is 11.4 Å². The second-order valence-electron chi connectivity index (χ2n) is 6.49. The van der Waals surface area contributed by atoms with E-state index < -0.39 is 0 Å². The lowest BCUT2D eigenvalue weighted by atomic mass is 10.1. The number of carbonyl (C=O) groups is 1. The standard InChI is InChI=1S/C17H20N4O/c1-17(2,3)20-16(22)13-10-19-15(11-18-13)21-9-8-12-6-4-5-7-14(12)21/h4-7,10-11H,8-9H2,1-3H3,(H,20,22). The third-order valence-corrected chi connectivity index (χ3v) is 3.52. The Morgan fingerprint density at radius 3 is 2.64 bits per heavy atom. The average Bonchev–Trinajstić information content (AvgIpc) is 2.89. The maximum absolute atomic E-state index is 12.1. The number of aromatic nitrogens is 2. The van der Waals surface area contributed by atoms with Gasteiger partial charge < -0.3 is 10.2 Å². The van der Waals surface area contributed by atoms with Crippen LogP contribution in [0.2, 0.25) is 0 Å². The number of para-hydroxylation sites is 1. The Labute approximate surface area is 130 Å². The molecule has 1 aliphatic rings. The SMILES string of the molecule is CC(C)(C)NC(=O)c1cnc(N2CCc3ccccc32)cn1. The zero-order chi connectivity index (χ0) is 15.7. The van der Waals surface area contributed by atoms with Crippen LogP contribution >= 0.6 is 0 Å². The van der Waals surface area contributed by atoms with Gasteiger partial charge >= 0.3 is 0 Å². The minimum Gasteiger partial charge on any atom is -0.346 e. The fraction of sp³-hybridized carbons (Fsp3) is 0.353. The molecule has 0 saturated heterocycles. The maximum atomic E-state index is 12.1. The van der Waals surface area contributed by atoms with Crippen LogP contribution in [-0.2, 0) is 6.42 Å². The molecule has 0 aliphatic carbocycles. The molecule has 0 bridgehead atoms. The highest BCUT2D eigenvalue weighted by atomic mass is 16.2. The molecule has 2 heterocycles. The number of amides is 1. The van der Waals surface area contributed by atoms with Crippen molar-refractivity contribution in [2.24, 2.45) is 0 Å². The number of nitrogens with one attached hydrogen (secondary N) is 1. The van der Waals surface area contributed by atoms with Crippen LogP contribution in [0.4, 0.5) is 11.5 Å². The molecule has 0 fully saturated rings. The number of rotatable bonds is 2. The molecular formula is C17H20N4O. The number of nitrogens with zero attached hydrogens (tertiary/aromatic N) is 3. The number of carbonyl (C=O) groups excluding carboxylic acids is 1. The van der Waals surface area contributed by atoms with Gasteiger partial charge in [0, 0.05) is 17.8 Å². The minimum atomic E-state index is -0.286. The first-order chi connectivity index (χ1) is 10.4. The molecule has 1 aromatic carbocycles. The molecule has 1 N–H and O–H groups in total. The molecule has 3 rings (SSSR count). The number of fused-ring (bicyclic) bond motifs is 1. The molecule has 22 heavy (non-hydrogen) atoms. The molecule has 0 radical (unpaired) electrons. The molecule has 0 atom stereocenters. The van der Waals surface area contributed by atoms with Gasteiger partial charge in [-0.05, 0) is 38.8 Å². The van der Waals surface area contributed by atoms with E-state index in [1.165, 1.54) is 17.4 Å². The van der Waals surface area contributed by atoms with Crippen molar-refractivity contribution in [3.63, 3.8) is 0 Å². The van der Waals surface area contributed by atoms with Crippen molar-refractivity contribution < 1.29 is 4.79 Å². The van der Waals surface area contributed by atoms with Crippen LogP contribution < -0.4 is 10.2 Å². The van der Waals surface area contributed by atoms with Gasteiger partial charge in [0.15, 0.2) is 5.82 Å². The highest BCUT2D eigenvalue weighted by Gasteiger charge is 2.22. The van der Waals surface area contributed by atoms with Gasteiger partial charge in [0.25, 0.3) is 5.91 Å². The number of hydrogen-bond donors (Lipinski definition) is 1. The van der Waals surface area contributed by atoms with Gasteiger partial charge in [0.05, 0.1) is 12.4 Å². The Kier molecular flexibility index (Phi) is 3.56. The van der Waals surface area contributed by atoms with E-state index in [0.717, 1.165) is 18.8 Å². The Balaban J connectivity index is 1.80. The summed E-state index contributed by atoms with van der Waals surface area (Å²) in [5.41, 5.74) is 2.54. The van der Waals surface area contributed by atoms with Gasteiger partial charge in [-0.1, -0.05) is 18.2 Å². The largest absolute Gasteiger partial charge is 0.346 e. The fourth-order valence-electron chi connectivity index (χ4n) is 2.56. The first-order valence-electron chi connectivity index (χ1n) is 7.44. The molecule has 0 saturated carbocycles. The smallest absolute Gasteiger partial charge is 0.271 e. The van der Waals surface area contributed by atoms with Gasteiger partial charge in [-0.15, -0.1) is 0 Å². The second kappa shape index (κ2) is 5.40.